The van der Waals surface area contributed by atoms with Crippen LogP contribution in [0.2, 0.25) is 0 Å². The number of hydrogen-bond donors (Lipinski definition) is 0. The fourth-order valence-corrected chi connectivity index (χ4v) is 4.12. The number of carbonyl (C=O) groups is 3. The molecule has 2 fully saturated rings. The van der Waals surface area contributed by atoms with Gasteiger partial charge in [0.05, 0.1) is 18.1 Å². The molecule has 3 rings (SSSR count). The van der Waals surface area contributed by atoms with Crippen LogP contribution in [0.1, 0.15) is 49.9 Å². The topological polar surface area (TPSA) is 66.9 Å². The lowest BCUT2D eigenvalue weighted by molar-refractivity contribution is -0.153. The first kappa shape index (κ1) is 23.2. The molecule has 1 aromatic carbocycles. The first-order valence-corrected chi connectivity index (χ1v) is 11.0. The lowest BCUT2D eigenvalue weighted by atomic mass is 9.92. The van der Waals surface area contributed by atoms with Crippen molar-refractivity contribution in [2.75, 3.05) is 32.8 Å². The maximum atomic E-state index is 13.9. The van der Waals surface area contributed by atoms with Gasteiger partial charge >= 0.3 is 5.97 Å². The maximum absolute atomic E-state index is 13.9. The van der Waals surface area contributed by atoms with Crippen molar-refractivity contribution in [1.29, 1.82) is 0 Å². The molecule has 0 bridgehead atoms. The second-order valence-electron chi connectivity index (χ2n) is 8.81. The van der Waals surface area contributed by atoms with Gasteiger partial charge in [-0.3, -0.25) is 14.4 Å². The van der Waals surface area contributed by atoms with Gasteiger partial charge in [-0.25, -0.2) is 8.78 Å². The third kappa shape index (κ3) is 5.80. The van der Waals surface area contributed by atoms with Crippen LogP contribution in [0, 0.1) is 29.4 Å². The Labute approximate surface area is 181 Å². The number of nitrogens with zero attached hydrogens (tertiary/aromatic N) is 2. The highest BCUT2D eigenvalue weighted by atomic mass is 19.1. The normalized spacial score (nSPS) is 18.4. The minimum atomic E-state index is -0.751. The lowest BCUT2D eigenvalue weighted by Crippen LogP contribution is -2.47. The van der Waals surface area contributed by atoms with Gasteiger partial charge in [0.15, 0.2) is 0 Å². The number of hydrogen-bond acceptors (Lipinski definition) is 4. The molecule has 0 radical (unpaired) electrons. The molecule has 1 aromatic rings. The first-order chi connectivity index (χ1) is 14.8. The summed E-state index contributed by atoms with van der Waals surface area (Å²) in [6.07, 6.45) is 2.16. The molecule has 0 unspecified atom stereocenters. The zero-order chi connectivity index (χ0) is 22.5. The smallest absolute Gasteiger partial charge is 0.309 e. The number of rotatable bonds is 5. The largest absolute Gasteiger partial charge is 0.465 e. The molecule has 0 aliphatic carbocycles. The van der Waals surface area contributed by atoms with Crippen LogP contribution in [0.3, 0.4) is 0 Å². The van der Waals surface area contributed by atoms with Crippen molar-refractivity contribution in [2.45, 2.75) is 39.5 Å². The molecule has 0 atom stereocenters. The van der Waals surface area contributed by atoms with Crippen LogP contribution in [0.5, 0.6) is 0 Å². The molecule has 8 heteroatoms. The Kier molecular flexibility index (Phi) is 7.62. The van der Waals surface area contributed by atoms with Gasteiger partial charge in [-0.05, 0) is 49.8 Å². The summed E-state index contributed by atoms with van der Waals surface area (Å²) < 4.78 is 32.6. The Hall–Kier alpha value is -2.51. The minimum absolute atomic E-state index is 0.0398. The average molecular weight is 436 g/mol. The third-order valence-electron chi connectivity index (χ3n) is 5.99. The van der Waals surface area contributed by atoms with E-state index < -0.39 is 17.5 Å². The van der Waals surface area contributed by atoms with Crippen LogP contribution in [-0.4, -0.2) is 60.4 Å². The number of esters is 1. The van der Waals surface area contributed by atoms with Gasteiger partial charge in [-0.15, -0.1) is 0 Å². The second-order valence-corrected chi connectivity index (χ2v) is 8.81. The summed E-state index contributed by atoms with van der Waals surface area (Å²) in [5.74, 6) is -2.18. The zero-order valence-electron chi connectivity index (χ0n) is 18.1. The van der Waals surface area contributed by atoms with Crippen molar-refractivity contribution in [3.05, 3.63) is 35.4 Å². The summed E-state index contributed by atoms with van der Waals surface area (Å²) in [6, 6.07) is 2.83. The molecule has 170 valence electrons. The van der Waals surface area contributed by atoms with Crippen LogP contribution < -0.4 is 0 Å². The van der Waals surface area contributed by atoms with Crippen LogP contribution in [0.4, 0.5) is 8.78 Å². The van der Waals surface area contributed by atoms with E-state index >= 15 is 0 Å². The number of benzene rings is 1. The predicted molar refractivity (Wildman–Crippen MR) is 110 cm³/mol. The monoisotopic (exact) mass is 436 g/mol. The second kappa shape index (κ2) is 10.2. The molecule has 2 heterocycles. The fourth-order valence-electron chi connectivity index (χ4n) is 4.12. The van der Waals surface area contributed by atoms with Gasteiger partial charge in [0.2, 0.25) is 5.91 Å². The van der Waals surface area contributed by atoms with E-state index in [9.17, 15) is 23.2 Å². The zero-order valence-corrected chi connectivity index (χ0v) is 18.1. The number of carbonyl (C=O) groups excluding carboxylic acids is 3. The molecule has 2 saturated heterocycles. The average Bonchev–Trinajstić information content (AvgIpc) is 2.78. The van der Waals surface area contributed by atoms with Gasteiger partial charge in [0.1, 0.15) is 11.6 Å². The van der Waals surface area contributed by atoms with Crippen LogP contribution in [0.25, 0.3) is 0 Å². The van der Waals surface area contributed by atoms with Crippen molar-refractivity contribution < 1.29 is 27.9 Å². The van der Waals surface area contributed by atoms with E-state index in [1.54, 1.807) is 4.90 Å². The Morgan fingerprint density at radius 1 is 0.968 bits per heavy atom. The number of likely N-dealkylation sites (tertiary alicyclic amines) is 2. The van der Waals surface area contributed by atoms with E-state index in [1.807, 2.05) is 13.8 Å². The van der Waals surface area contributed by atoms with E-state index in [-0.39, 0.29) is 29.3 Å². The Bertz CT molecular complexity index is 814. The Morgan fingerprint density at radius 3 is 2.16 bits per heavy atom. The number of halogens is 2. The molecule has 0 aromatic heterocycles. The highest BCUT2D eigenvalue weighted by molar-refractivity contribution is 5.94. The highest BCUT2D eigenvalue weighted by Crippen LogP contribution is 2.26. The fraction of sp³-hybridized carbons (Fsp3) is 0.609. The third-order valence-corrected chi connectivity index (χ3v) is 5.99. The molecule has 2 amide bonds. The maximum Gasteiger partial charge on any atom is 0.309 e. The molecule has 2 aliphatic heterocycles. The molecule has 0 saturated carbocycles. The standard InChI is InChI=1S/C23H30F2N2O4/c1-15(2)14-31-23(30)17-7-11-26(12-8-17)21(28)16-5-9-27(10-6-16)22(29)19-13-18(24)3-4-20(19)25/h3-4,13,15-17H,5-12,14H2,1-2H3. The van der Waals surface area contributed by atoms with E-state index in [2.05, 4.69) is 0 Å². The summed E-state index contributed by atoms with van der Waals surface area (Å²) in [5.41, 5.74) is -0.281. The van der Waals surface area contributed by atoms with Crippen molar-refractivity contribution in [3.63, 3.8) is 0 Å². The van der Waals surface area contributed by atoms with Crippen molar-refractivity contribution in [3.8, 4) is 0 Å². The lowest BCUT2D eigenvalue weighted by Gasteiger charge is -2.37. The summed E-state index contributed by atoms with van der Waals surface area (Å²) in [4.78, 5) is 40.8. The Morgan fingerprint density at radius 2 is 1.55 bits per heavy atom. The summed E-state index contributed by atoms with van der Waals surface area (Å²) in [5, 5.41) is 0. The molecule has 31 heavy (non-hydrogen) atoms. The van der Waals surface area contributed by atoms with Crippen molar-refractivity contribution >= 4 is 17.8 Å². The SMILES string of the molecule is CC(C)COC(=O)C1CCN(C(=O)C2CCN(C(=O)c3cc(F)ccc3F)CC2)CC1. The van der Waals surface area contributed by atoms with E-state index in [0.29, 0.717) is 64.4 Å². The summed E-state index contributed by atoms with van der Waals surface area (Å²) in [6.45, 7) is 6.08. The van der Waals surface area contributed by atoms with Gasteiger partial charge < -0.3 is 14.5 Å². The number of amides is 2. The van der Waals surface area contributed by atoms with Gasteiger partial charge in [0, 0.05) is 32.1 Å². The molecule has 0 N–H and O–H groups in total. The molecular weight excluding hydrogens is 406 g/mol. The quantitative estimate of drug-likeness (QED) is 0.665. The summed E-state index contributed by atoms with van der Waals surface area (Å²) >= 11 is 0. The Balaban J connectivity index is 1.47. The van der Waals surface area contributed by atoms with Gasteiger partial charge in [-0.2, -0.15) is 0 Å². The van der Waals surface area contributed by atoms with Crippen molar-refractivity contribution in [2.24, 2.45) is 17.8 Å². The van der Waals surface area contributed by atoms with Crippen LogP contribution in [-0.2, 0) is 14.3 Å². The molecule has 2 aliphatic rings. The minimum Gasteiger partial charge on any atom is -0.465 e. The van der Waals surface area contributed by atoms with Crippen LogP contribution in [0.15, 0.2) is 18.2 Å². The van der Waals surface area contributed by atoms with Crippen molar-refractivity contribution in [1.82, 2.24) is 9.80 Å². The van der Waals surface area contributed by atoms with Gasteiger partial charge in [0.25, 0.3) is 5.91 Å². The highest BCUT2D eigenvalue weighted by Gasteiger charge is 2.34. The first-order valence-electron chi connectivity index (χ1n) is 11.0. The van der Waals surface area contributed by atoms with E-state index in [1.165, 1.54) is 4.90 Å². The molecular formula is C23H30F2N2O4. The van der Waals surface area contributed by atoms with Gasteiger partial charge in [-0.1, -0.05) is 13.8 Å². The molecule has 0 spiro atoms. The van der Waals surface area contributed by atoms with E-state index in [0.717, 1.165) is 18.2 Å². The predicted octanol–water partition coefficient (Wildman–Crippen LogP) is 3.25. The number of piperidine rings is 2. The summed E-state index contributed by atoms with van der Waals surface area (Å²) in [7, 11) is 0. The molecule has 6 nitrogen and oxygen atoms in total. The van der Waals surface area contributed by atoms with Crippen LogP contribution >= 0.6 is 0 Å². The van der Waals surface area contributed by atoms with E-state index in [4.69, 9.17) is 4.74 Å². The number of ether oxygens (including phenoxy) is 1.